The normalized spacial score (nSPS) is 19.5. The van der Waals surface area contributed by atoms with Crippen molar-refractivity contribution < 1.29 is 47.9 Å². The minimum atomic E-state index is -1.61. The maximum Gasteiger partial charge on any atom is 0.113 e. The second kappa shape index (κ2) is 7.98. The van der Waals surface area contributed by atoms with Gasteiger partial charge in [0, 0.05) is 27.7 Å². The van der Waals surface area contributed by atoms with Crippen molar-refractivity contribution >= 4 is 17.6 Å². The van der Waals surface area contributed by atoms with Gasteiger partial charge in [0.25, 0.3) is 0 Å². The predicted octanol–water partition coefficient (Wildman–Crippen LogP) is -2.58. The Kier molecular flexibility index (Phi) is 9.87. The summed E-state index contributed by atoms with van der Waals surface area (Å²) in [5.41, 5.74) is 0. The fraction of sp³-hybridized carbons (Fsp3) is 0.833. The molecule has 0 spiro atoms. The fourth-order valence-electron chi connectivity index (χ4n) is 0.618. The molecule has 0 aromatic carbocycles. The van der Waals surface area contributed by atoms with Crippen LogP contribution in [-0.2, 0) is 22.4 Å². The molecular weight excluding hydrogens is 292 g/mol. The third kappa shape index (κ3) is 5.16. The van der Waals surface area contributed by atoms with E-state index in [1.165, 1.54) is 0 Å². The molecule has 1 radical (unpaired) electrons. The molecule has 0 bridgehead atoms. The molecule has 7 heteroatoms. The maximum atomic E-state index is 9.02. The van der Waals surface area contributed by atoms with Gasteiger partial charge in [-0.25, -0.2) is 0 Å². The van der Waals surface area contributed by atoms with Crippen LogP contribution < -0.4 is 0 Å². The number of aliphatic hydroxyl groups is 5. The predicted molar refractivity (Wildman–Crippen MR) is 44.8 cm³/mol. The Hall–Kier alpha value is 0.630. The van der Waals surface area contributed by atoms with E-state index in [1.807, 2.05) is 0 Å². The Bertz CT molecular complexity index is 147. The van der Waals surface area contributed by atoms with Crippen LogP contribution in [0.2, 0.25) is 0 Å². The van der Waals surface area contributed by atoms with E-state index in [4.69, 9.17) is 25.5 Å². The molecule has 0 unspecified atom stereocenters. The van der Waals surface area contributed by atoms with Crippen molar-refractivity contribution in [1.29, 1.82) is 0 Å². The SMILES string of the molecule is OC[C@@H](O)[C@H](O)[C@H](O)[C@@H](O)C=S.[Ag]. The number of thiocarbonyl (C=S) groups is 1. The molecule has 13 heavy (non-hydrogen) atoms. The topological polar surface area (TPSA) is 101 Å². The summed E-state index contributed by atoms with van der Waals surface area (Å²) in [4.78, 5) is 0. The molecule has 83 valence electrons. The quantitative estimate of drug-likeness (QED) is 0.282. The van der Waals surface area contributed by atoms with Crippen LogP contribution in [0, 0.1) is 0 Å². The summed E-state index contributed by atoms with van der Waals surface area (Å²) in [6, 6.07) is 0. The van der Waals surface area contributed by atoms with Crippen LogP contribution in [-0.4, -0.2) is 61.9 Å². The second-order valence-corrected chi connectivity index (χ2v) is 2.63. The van der Waals surface area contributed by atoms with Gasteiger partial charge in [-0.2, -0.15) is 0 Å². The molecule has 0 saturated heterocycles. The van der Waals surface area contributed by atoms with E-state index in [-0.39, 0.29) is 22.4 Å². The first kappa shape index (κ1) is 16.1. The summed E-state index contributed by atoms with van der Waals surface area (Å²) in [6.45, 7) is -0.692. The third-order valence-electron chi connectivity index (χ3n) is 1.42. The van der Waals surface area contributed by atoms with Crippen molar-refractivity contribution in [3.05, 3.63) is 0 Å². The van der Waals surface area contributed by atoms with Crippen molar-refractivity contribution in [3.63, 3.8) is 0 Å². The van der Waals surface area contributed by atoms with Gasteiger partial charge in [0.1, 0.15) is 24.4 Å². The Morgan fingerprint density at radius 3 is 1.85 bits per heavy atom. The molecule has 0 saturated carbocycles. The molecule has 0 rings (SSSR count). The van der Waals surface area contributed by atoms with E-state index in [2.05, 4.69) is 12.2 Å². The zero-order chi connectivity index (χ0) is 9.72. The molecule has 0 heterocycles. The first-order chi connectivity index (χ1) is 5.54. The van der Waals surface area contributed by atoms with Crippen molar-refractivity contribution in [2.24, 2.45) is 0 Å². The van der Waals surface area contributed by atoms with Gasteiger partial charge in [-0.1, -0.05) is 12.2 Å². The zero-order valence-corrected chi connectivity index (χ0v) is 8.84. The summed E-state index contributed by atoms with van der Waals surface area (Å²) in [5, 5.41) is 44.9. The van der Waals surface area contributed by atoms with Gasteiger partial charge in [0.05, 0.1) is 6.61 Å². The van der Waals surface area contributed by atoms with E-state index in [0.717, 1.165) is 5.37 Å². The van der Waals surface area contributed by atoms with Crippen LogP contribution in [0.3, 0.4) is 0 Å². The molecule has 0 amide bonds. The fourth-order valence-corrected chi connectivity index (χ4v) is 0.779. The molecule has 0 fully saturated rings. The van der Waals surface area contributed by atoms with E-state index < -0.39 is 31.0 Å². The monoisotopic (exact) mass is 303 g/mol. The maximum absolute atomic E-state index is 9.02. The molecule has 0 aliphatic rings. The first-order valence-electron chi connectivity index (χ1n) is 3.33. The number of hydrogen-bond donors (Lipinski definition) is 5. The summed E-state index contributed by atoms with van der Waals surface area (Å²) in [7, 11) is 0. The molecule has 4 atom stereocenters. The standard InChI is InChI=1S/C6H12O5S.Ag/c7-1-3(8)5(10)6(11)4(9)2-12;/h2-11H,1H2;/t3-,4+,5+,6-;/m1./s1. The summed E-state index contributed by atoms with van der Waals surface area (Å²) < 4.78 is 0. The second-order valence-electron chi connectivity index (χ2n) is 2.36. The van der Waals surface area contributed by atoms with Crippen LogP contribution in [0.5, 0.6) is 0 Å². The smallest absolute Gasteiger partial charge is 0.113 e. The van der Waals surface area contributed by atoms with Crippen LogP contribution >= 0.6 is 12.2 Å². The number of hydrogen-bond acceptors (Lipinski definition) is 6. The molecule has 5 N–H and O–H groups in total. The van der Waals surface area contributed by atoms with Gasteiger partial charge in [-0.3, -0.25) is 0 Å². The molecule has 0 aliphatic heterocycles. The van der Waals surface area contributed by atoms with Gasteiger partial charge in [-0.05, 0) is 0 Å². The molecule has 5 nitrogen and oxygen atoms in total. The average Bonchev–Trinajstić information content (AvgIpc) is 2.12. The van der Waals surface area contributed by atoms with Gasteiger partial charge >= 0.3 is 0 Å². The van der Waals surface area contributed by atoms with Crippen LogP contribution in [0.15, 0.2) is 0 Å². The van der Waals surface area contributed by atoms with Crippen LogP contribution in [0.25, 0.3) is 0 Å². The summed E-state index contributed by atoms with van der Waals surface area (Å²) in [6.07, 6.45) is -6.06. The summed E-state index contributed by atoms with van der Waals surface area (Å²) in [5.74, 6) is 0. The molecule has 0 aliphatic carbocycles. The van der Waals surface area contributed by atoms with Crippen molar-refractivity contribution in [3.8, 4) is 0 Å². The van der Waals surface area contributed by atoms with Gasteiger partial charge in [0.2, 0.25) is 0 Å². The molecule has 0 aromatic rings. The van der Waals surface area contributed by atoms with E-state index in [1.54, 1.807) is 0 Å². The minimum absolute atomic E-state index is 0. The first-order valence-corrected chi connectivity index (χ1v) is 3.80. The van der Waals surface area contributed by atoms with Gasteiger partial charge < -0.3 is 25.5 Å². The van der Waals surface area contributed by atoms with E-state index in [0.29, 0.717) is 0 Å². The Morgan fingerprint density at radius 1 is 1.08 bits per heavy atom. The van der Waals surface area contributed by atoms with Crippen LogP contribution in [0.4, 0.5) is 0 Å². The van der Waals surface area contributed by atoms with Crippen molar-refractivity contribution in [2.75, 3.05) is 6.61 Å². The summed E-state index contributed by atoms with van der Waals surface area (Å²) >= 11 is 4.30. The Balaban J connectivity index is 0. The van der Waals surface area contributed by atoms with E-state index >= 15 is 0 Å². The van der Waals surface area contributed by atoms with Gasteiger partial charge in [-0.15, -0.1) is 0 Å². The van der Waals surface area contributed by atoms with Crippen LogP contribution in [0.1, 0.15) is 0 Å². The number of aliphatic hydroxyl groups excluding tert-OH is 5. The van der Waals surface area contributed by atoms with E-state index in [9.17, 15) is 0 Å². The molecule has 0 aromatic heterocycles. The van der Waals surface area contributed by atoms with Crippen molar-refractivity contribution in [2.45, 2.75) is 24.4 Å². The molecular formula is C6H12AgO5S. The average molecular weight is 304 g/mol. The number of rotatable bonds is 5. The minimum Gasteiger partial charge on any atom is -0.394 e. The Labute approximate surface area is 96.5 Å². The van der Waals surface area contributed by atoms with Gasteiger partial charge in [0.15, 0.2) is 0 Å². The third-order valence-corrected chi connectivity index (χ3v) is 1.70. The zero-order valence-electron chi connectivity index (χ0n) is 6.54. The largest absolute Gasteiger partial charge is 0.394 e. The van der Waals surface area contributed by atoms with Crippen molar-refractivity contribution in [1.82, 2.24) is 0 Å². The Morgan fingerprint density at radius 2 is 1.54 bits per heavy atom.